The fraction of sp³-hybridized carbons (Fsp3) is 0.182. The first-order chi connectivity index (χ1) is 15.1. The Morgan fingerprint density at radius 2 is 2.00 bits per heavy atom. The second-order valence-corrected chi connectivity index (χ2v) is 7.62. The third-order valence-corrected chi connectivity index (χ3v) is 5.82. The summed E-state index contributed by atoms with van der Waals surface area (Å²) >= 11 is 1.21. The molecule has 1 atom stereocenters. The second-order valence-electron chi connectivity index (χ2n) is 6.81. The van der Waals surface area contributed by atoms with Crippen molar-refractivity contribution in [2.45, 2.75) is 13.0 Å². The highest BCUT2D eigenvalue weighted by Gasteiger charge is 2.45. The molecule has 0 spiro atoms. The molecule has 8 nitrogen and oxygen atoms in total. The molecule has 0 N–H and O–H groups in total. The van der Waals surface area contributed by atoms with Crippen LogP contribution < -0.4 is 19.8 Å². The van der Waals surface area contributed by atoms with Crippen LogP contribution in [-0.4, -0.2) is 29.8 Å². The molecule has 156 valence electrons. The average molecular weight is 435 g/mol. The first-order valence-electron chi connectivity index (χ1n) is 9.60. The fourth-order valence-corrected chi connectivity index (χ4v) is 4.42. The topological polar surface area (TPSA) is 94.8 Å². The smallest absolute Gasteiger partial charge is 0.297 e. The van der Waals surface area contributed by atoms with E-state index in [9.17, 15) is 9.59 Å². The molecule has 0 bridgehead atoms. The zero-order chi connectivity index (χ0) is 21.5. The van der Waals surface area contributed by atoms with Gasteiger partial charge >= 0.3 is 0 Å². The molecule has 0 aliphatic carbocycles. The maximum absolute atomic E-state index is 13.5. The van der Waals surface area contributed by atoms with E-state index < -0.39 is 11.9 Å². The van der Waals surface area contributed by atoms with Crippen molar-refractivity contribution in [1.29, 1.82) is 0 Å². The van der Waals surface area contributed by atoms with Gasteiger partial charge in [0.15, 0.2) is 16.9 Å². The van der Waals surface area contributed by atoms with Crippen LogP contribution in [-0.2, 0) is 0 Å². The maximum atomic E-state index is 13.5. The van der Waals surface area contributed by atoms with Crippen molar-refractivity contribution in [3.8, 4) is 11.5 Å². The van der Waals surface area contributed by atoms with Gasteiger partial charge < -0.3 is 13.9 Å². The predicted octanol–water partition coefficient (Wildman–Crippen LogP) is 3.80. The summed E-state index contributed by atoms with van der Waals surface area (Å²) in [7, 11) is 1.54. The molecular weight excluding hydrogens is 418 g/mol. The normalized spacial score (nSPS) is 15.4. The van der Waals surface area contributed by atoms with Gasteiger partial charge in [-0.1, -0.05) is 29.5 Å². The highest BCUT2D eigenvalue weighted by atomic mass is 32.1. The number of rotatable bonds is 5. The molecule has 3 heterocycles. The van der Waals surface area contributed by atoms with Gasteiger partial charge in [0.2, 0.25) is 10.9 Å². The minimum atomic E-state index is -0.735. The van der Waals surface area contributed by atoms with E-state index in [2.05, 4.69) is 10.2 Å². The first-order valence-corrected chi connectivity index (χ1v) is 10.5. The fourth-order valence-electron chi connectivity index (χ4n) is 3.83. The lowest BCUT2D eigenvalue weighted by Crippen LogP contribution is -2.29. The van der Waals surface area contributed by atoms with Crippen LogP contribution >= 0.6 is 11.3 Å². The van der Waals surface area contributed by atoms with Gasteiger partial charge in [-0.05, 0) is 36.8 Å². The van der Waals surface area contributed by atoms with E-state index in [1.165, 1.54) is 21.7 Å². The number of carbonyl (C=O) groups is 1. The quantitative estimate of drug-likeness (QED) is 0.470. The Morgan fingerprint density at radius 1 is 1.16 bits per heavy atom. The van der Waals surface area contributed by atoms with Crippen LogP contribution in [0.5, 0.6) is 11.5 Å². The molecule has 0 saturated heterocycles. The lowest BCUT2D eigenvalue weighted by molar-refractivity contribution is 0.0970. The lowest BCUT2D eigenvalue weighted by Gasteiger charge is -2.23. The van der Waals surface area contributed by atoms with E-state index in [0.29, 0.717) is 39.8 Å². The number of fused-ring (bicyclic) bond motifs is 2. The molecule has 2 aromatic carbocycles. The first kappa shape index (κ1) is 19.3. The number of aromatic nitrogens is 2. The number of carbonyl (C=O) groups excluding carboxylic acids is 1. The van der Waals surface area contributed by atoms with Crippen molar-refractivity contribution in [3.05, 3.63) is 75.1 Å². The van der Waals surface area contributed by atoms with Crippen LogP contribution in [0.15, 0.2) is 57.2 Å². The number of methoxy groups -OCH3 is 1. The average Bonchev–Trinajstić information content (AvgIpc) is 3.41. The Morgan fingerprint density at radius 3 is 2.74 bits per heavy atom. The number of para-hydroxylation sites is 1. The number of anilines is 1. The van der Waals surface area contributed by atoms with Gasteiger partial charge in [-0.15, -0.1) is 10.2 Å². The molecule has 4 aromatic rings. The van der Waals surface area contributed by atoms with Crippen LogP contribution in [0, 0.1) is 0 Å². The zero-order valence-corrected chi connectivity index (χ0v) is 17.5. The number of amides is 1. The molecular formula is C22H17N3O5S. The summed E-state index contributed by atoms with van der Waals surface area (Å²) in [4.78, 5) is 28.3. The Hall–Kier alpha value is -3.72. The Bertz CT molecular complexity index is 1350. The van der Waals surface area contributed by atoms with E-state index in [1.54, 1.807) is 43.5 Å². The van der Waals surface area contributed by atoms with E-state index in [4.69, 9.17) is 13.9 Å². The van der Waals surface area contributed by atoms with Crippen LogP contribution in [0.3, 0.4) is 0 Å². The summed E-state index contributed by atoms with van der Waals surface area (Å²) in [5.74, 6) is 0.651. The number of hydrogen-bond donors (Lipinski definition) is 0. The van der Waals surface area contributed by atoms with Crippen LogP contribution in [0.2, 0.25) is 0 Å². The summed E-state index contributed by atoms with van der Waals surface area (Å²) in [5, 5.41) is 8.72. The van der Waals surface area contributed by atoms with Crippen LogP contribution in [0.25, 0.3) is 11.0 Å². The van der Waals surface area contributed by atoms with Crippen molar-refractivity contribution in [3.63, 3.8) is 0 Å². The largest absolute Gasteiger partial charge is 0.493 e. The minimum Gasteiger partial charge on any atom is -0.493 e. The third kappa shape index (κ3) is 2.97. The minimum absolute atomic E-state index is 0.0109. The van der Waals surface area contributed by atoms with E-state index >= 15 is 0 Å². The third-order valence-electron chi connectivity index (χ3n) is 5.14. The molecule has 0 fully saturated rings. The molecule has 1 amide bonds. The van der Waals surface area contributed by atoms with Gasteiger partial charge in [0.25, 0.3) is 5.91 Å². The maximum Gasteiger partial charge on any atom is 0.297 e. The molecule has 5 rings (SSSR count). The summed E-state index contributed by atoms with van der Waals surface area (Å²) in [6, 6.07) is 11.5. The molecule has 1 aliphatic heterocycles. The van der Waals surface area contributed by atoms with Gasteiger partial charge in [-0.25, -0.2) is 0 Å². The summed E-state index contributed by atoms with van der Waals surface area (Å²) in [5.41, 5.74) is 2.58. The van der Waals surface area contributed by atoms with Gasteiger partial charge in [-0.3, -0.25) is 14.5 Å². The van der Waals surface area contributed by atoms with E-state index in [1.807, 2.05) is 13.0 Å². The molecule has 0 unspecified atom stereocenters. The number of benzene rings is 2. The Labute approximate surface area is 180 Å². The van der Waals surface area contributed by atoms with Crippen molar-refractivity contribution < 1.29 is 18.7 Å². The Balaban J connectivity index is 1.77. The highest BCUT2D eigenvalue weighted by molar-refractivity contribution is 7.13. The summed E-state index contributed by atoms with van der Waals surface area (Å²) in [6.07, 6.45) is 0. The number of hydrogen-bond acceptors (Lipinski definition) is 8. The predicted molar refractivity (Wildman–Crippen MR) is 115 cm³/mol. The van der Waals surface area contributed by atoms with Gasteiger partial charge in [0, 0.05) is 0 Å². The Kier molecular flexibility index (Phi) is 4.67. The molecule has 31 heavy (non-hydrogen) atoms. The van der Waals surface area contributed by atoms with Gasteiger partial charge in [-0.2, -0.15) is 0 Å². The summed E-state index contributed by atoms with van der Waals surface area (Å²) in [6.45, 7) is 2.36. The van der Waals surface area contributed by atoms with Gasteiger partial charge in [0.1, 0.15) is 11.1 Å². The molecule has 0 saturated carbocycles. The van der Waals surface area contributed by atoms with Crippen molar-refractivity contribution in [2.24, 2.45) is 0 Å². The van der Waals surface area contributed by atoms with Crippen molar-refractivity contribution >= 4 is 33.3 Å². The van der Waals surface area contributed by atoms with E-state index in [0.717, 1.165) is 0 Å². The van der Waals surface area contributed by atoms with Crippen LogP contribution in [0.1, 0.15) is 34.6 Å². The second kappa shape index (κ2) is 7.51. The number of nitrogens with zero attached hydrogens (tertiary/aromatic N) is 3. The monoisotopic (exact) mass is 435 g/mol. The molecule has 2 aromatic heterocycles. The molecule has 0 radical (unpaired) electrons. The van der Waals surface area contributed by atoms with E-state index in [-0.39, 0.29) is 16.8 Å². The van der Waals surface area contributed by atoms with Crippen LogP contribution in [0.4, 0.5) is 5.13 Å². The van der Waals surface area contributed by atoms with Gasteiger partial charge in [0.05, 0.1) is 30.7 Å². The van der Waals surface area contributed by atoms with Crippen molar-refractivity contribution in [2.75, 3.05) is 18.6 Å². The molecule has 9 heteroatoms. The molecule has 1 aliphatic rings. The van der Waals surface area contributed by atoms with Crippen molar-refractivity contribution in [1.82, 2.24) is 10.2 Å². The highest BCUT2D eigenvalue weighted by Crippen LogP contribution is 2.43. The zero-order valence-electron chi connectivity index (χ0n) is 16.7. The number of ether oxygens (including phenoxy) is 2. The standard InChI is InChI=1S/C22H17N3O5S/c1-3-29-15-9-8-12(10-16(15)28-2)18-17-19(26)13-6-4-5-7-14(13)30-20(17)21(27)25(18)22-24-23-11-31-22/h4-11,18H,3H2,1-2H3/t18-/m1/s1. The SMILES string of the molecule is CCOc1ccc([C@@H]2c3c(oc4ccccc4c3=O)C(=O)N2c2nncs2)cc1OC. The lowest BCUT2D eigenvalue weighted by atomic mass is 9.98. The summed E-state index contributed by atoms with van der Waals surface area (Å²) < 4.78 is 17.0.